The zero-order valence-corrected chi connectivity index (χ0v) is 10.1. The Hall–Kier alpha value is -0.300. The van der Waals surface area contributed by atoms with Crippen molar-refractivity contribution in [1.82, 2.24) is 4.31 Å². The lowest BCUT2D eigenvalue weighted by molar-refractivity contribution is -0.0501. The van der Waals surface area contributed by atoms with Gasteiger partial charge in [-0.3, -0.25) is 0 Å². The van der Waals surface area contributed by atoms with Crippen LogP contribution in [-0.4, -0.2) is 31.3 Å². The number of nitrogens with zero attached hydrogens (tertiary/aromatic N) is 1. The largest absolute Gasteiger partial charge is 0.511 e. The average molecular weight is 259 g/mol. The van der Waals surface area contributed by atoms with Gasteiger partial charge >= 0.3 is 15.5 Å². The van der Waals surface area contributed by atoms with E-state index in [1.54, 1.807) is 0 Å². The molecule has 0 aromatic carbocycles. The van der Waals surface area contributed by atoms with E-state index in [1.165, 1.54) is 0 Å². The minimum absolute atomic E-state index is 0.0144. The van der Waals surface area contributed by atoms with Gasteiger partial charge in [-0.15, -0.1) is 0 Å². The van der Waals surface area contributed by atoms with Gasteiger partial charge in [0.1, 0.15) is 0 Å². The van der Waals surface area contributed by atoms with E-state index in [1.807, 2.05) is 13.8 Å². The van der Waals surface area contributed by atoms with Crippen LogP contribution in [0.5, 0.6) is 0 Å². The second-order valence-electron chi connectivity index (χ2n) is 4.46. The van der Waals surface area contributed by atoms with Crippen LogP contribution in [0.15, 0.2) is 0 Å². The maximum atomic E-state index is 12.3. The molecule has 3 nitrogen and oxygen atoms in total. The molecule has 1 saturated heterocycles. The molecule has 0 bridgehead atoms. The van der Waals surface area contributed by atoms with E-state index in [0.717, 1.165) is 6.42 Å². The molecular formula is C9H16F3NO2S. The Kier molecular flexibility index (Phi) is 3.89. The van der Waals surface area contributed by atoms with Gasteiger partial charge in [0.2, 0.25) is 0 Å². The van der Waals surface area contributed by atoms with Crippen LogP contribution in [0, 0.1) is 11.8 Å². The lowest BCUT2D eigenvalue weighted by atomic mass is 9.89. The smallest absolute Gasteiger partial charge is 0.203 e. The molecule has 0 aliphatic carbocycles. The highest BCUT2D eigenvalue weighted by Crippen LogP contribution is 2.32. The van der Waals surface area contributed by atoms with Crippen LogP contribution in [0.1, 0.15) is 26.7 Å². The predicted octanol–water partition coefficient (Wildman–Crippen LogP) is 2.20. The fourth-order valence-corrected chi connectivity index (χ4v) is 2.93. The van der Waals surface area contributed by atoms with Gasteiger partial charge in [-0.2, -0.15) is 17.5 Å². The molecule has 7 heteroatoms. The van der Waals surface area contributed by atoms with Gasteiger partial charge in [0, 0.05) is 13.1 Å². The molecule has 1 aliphatic heterocycles. The Bertz CT molecular complexity index is 337. The molecule has 1 fully saturated rings. The van der Waals surface area contributed by atoms with Crippen LogP contribution in [0.4, 0.5) is 13.2 Å². The summed E-state index contributed by atoms with van der Waals surface area (Å²) in [5.74, 6) is 0.220. The summed E-state index contributed by atoms with van der Waals surface area (Å²) in [5, 5.41) is 0. The SMILES string of the molecule is CC(C)C1CCCN(S(=O)(=O)C(F)(F)F)C1. The van der Waals surface area contributed by atoms with Crippen LogP contribution >= 0.6 is 0 Å². The van der Waals surface area contributed by atoms with Crippen molar-refractivity contribution in [2.45, 2.75) is 32.2 Å². The molecule has 0 N–H and O–H groups in total. The molecule has 1 rings (SSSR count). The number of hydrogen-bond donors (Lipinski definition) is 0. The number of rotatable bonds is 2. The number of hydrogen-bond acceptors (Lipinski definition) is 2. The summed E-state index contributed by atoms with van der Waals surface area (Å²) in [6.45, 7) is 3.76. The van der Waals surface area contributed by atoms with Crippen LogP contribution in [-0.2, 0) is 10.0 Å². The third-order valence-corrected chi connectivity index (χ3v) is 4.59. The first-order chi connectivity index (χ1) is 7.16. The van der Waals surface area contributed by atoms with Gasteiger partial charge in [0.15, 0.2) is 0 Å². The topological polar surface area (TPSA) is 37.4 Å². The third-order valence-electron chi connectivity index (χ3n) is 3.00. The molecule has 0 aromatic rings. The van der Waals surface area contributed by atoms with Gasteiger partial charge in [-0.05, 0) is 24.7 Å². The summed E-state index contributed by atoms with van der Waals surface area (Å²) in [5.41, 5.74) is -5.17. The molecule has 1 atom stereocenters. The molecular weight excluding hydrogens is 243 g/mol. The first kappa shape index (κ1) is 13.8. The van der Waals surface area contributed by atoms with E-state index < -0.39 is 15.5 Å². The van der Waals surface area contributed by atoms with Crippen LogP contribution in [0.2, 0.25) is 0 Å². The Morgan fingerprint density at radius 2 is 1.88 bits per heavy atom. The molecule has 1 aliphatic rings. The predicted molar refractivity (Wildman–Crippen MR) is 54.1 cm³/mol. The average Bonchev–Trinajstić information content (AvgIpc) is 2.16. The van der Waals surface area contributed by atoms with E-state index in [9.17, 15) is 21.6 Å². The Morgan fingerprint density at radius 3 is 2.31 bits per heavy atom. The highest BCUT2D eigenvalue weighted by Gasteiger charge is 2.50. The molecule has 1 unspecified atom stereocenters. The summed E-state index contributed by atoms with van der Waals surface area (Å²) < 4.78 is 59.9. The molecule has 0 spiro atoms. The standard InChI is InChI=1S/C9H16F3NO2S/c1-7(2)8-4-3-5-13(6-8)16(14,15)9(10,11)12/h7-8H,3-6H2,1-2H3. The minimum atomic E-state index is -5.17. The highest BCUT2D eigenvalue weighted by molar-refractivity contribution is 7.90. The molecule has 0 aromatic heterocycles. The Balaban J connectivity index is 2.83. The second-order valence-corrected chi connectivity index (χ2v) is 6.38. The number of halogens is 3. The van der Waals surface area contributed by atoms with Gasteiger partial charge < -0.3 is 0 Å². The highest BCUT2D eigenvalue weighted by atomic mass is 32.2. The van der Waals surface area contributed by atoms with Crippen LogP contribution in [0.25, 0.3) is 0 Å². The van der Waals surface area contributed by atoms with Crippen LogP contribution < -0.4 is 0 Å². The normalized spacial score (nSPS) is 25.0. The van der Waals surface area contributed by atoms with Gasteiger partial charge in [0.05, 0.1) is 0 Å². The van der Waals surface area contributed by atoms with Crippen molar-refractivity contribution in [3.05, 3.63) is 0 Å². The molecule has 1 heterocycles. The summed E-state index contributed by atoms with van der Waals surface area (Å²) in [6, 6.07) is 0. The lowest BCUT2D eigenvalue weighted by Gasteiger charge is -2.34. The molecule has 96 valence electrons. The summed E-state index contributed by atoms with van der Waals surface area (Å²) in [6.07, 6.45) is 1.29. The van der Waals surface area contributed by atoms with E-state index in [2.05, 4.69) is 0 Å². The fraction of sp³-hybridized carbons (Fsp3) is 1.00. The van der Waals surface area contributed by atoms with E-state index in [4.69, 9.17) is 0 Å². The Labute approximate surface area is 93.7 Å². The van der Waals surface area contributed by atoms with Crippen molar-refractivity contribution in [2.24, 2.45) is 11.8 Å². The second kappa shape index (κ2) is 4.52. The van der Waals surface area contributed by atoms with Gasteiger partial charge in [-0.1, -0.05) is 13.8 Å². The first-order valence-electron chi connectivity index (χ1n) is 5.22. The monoisotopic (exact) mass is 259 g/mol. The molecule has 16 heavy (non-hydrogen) atoms. The Morgan fingerprint density at radius 1 is 1.31 bits per heavy atom. The van der Waals surface area contributed by atoms with Gasteiger partial charge in [0.25, 0.3) is 0 Å². The van der Waals surface area contributed by atoms with Gasteiger partial charge in [-0.25, -0.2) is 8.42 Å². The molecule has 0 radical (unpaired) electrons. The molecule has 0 saturated carbocycles. The van der Waals surface area contributed by atoms with Crippen molar-refractivity contribution in [2.75, 3.05) is 13.1 Å². The van der Waals surface area contributed by atoms with Crippen molar-refractivity contribution in [1.29, 1.82) is 0 Å². The minimum Gasteiger partial charge on any atom is -0.203 e. The summed E-state index contributed by atoms with van der Waals surface area (Å²) in [7, 11) is -5.13. The van der Waals surface area contributed by atoms with Crippen molar-refractivity contribution >= 4 is 10.0 Å². The van der Waals surface area contributed by atoms with Crippen molar-refractivity contribution in [3.8, 4) is 0 Å². The first-order valence-corrected chi connectivity index (χ1v) is 6.66. The van der Waals surface area contributed by atoms with Crippen molar-refractivity contribution in [3.63, 3.8) is 0 Å². The third kappa shape index (κ3) is 2.68. The summed E-state index contributed by atoms with van der Waals surface area (Å²) in [4.78, 5) is 0. The number of alkyl halides is 3. The van der Waals surface area contributed by atoms with Crippen molar-refractivity contribution < 1.29 is 21.6 Å². The van der Waals surface area contributed by atoms with Crippen LogP contribution in [0.3, 0.4) is 0 Å². The number of sulfonamides is 1. The number of piperidine rings is 1. The van der Waals surface area contributed by atoms with E-state index in [0.29, 0.717) is 10.7 Å². The fourth-order valence-electron chi connectivity index (χ4n) is 1.88. The zero-order chi connectivity index (χ0) is 12.6. The molecule has 0 amide bonds. The maximum Gasteiger partial charge on any atom is 0.511 e. The maximum absolute atomic E-state index is 12.3. The van der Waals surface area contributed by atoms with E-state index in [-0.39, 0.29) is 24.9 Å². The summed E-state index contributed by atoms with van der Waals surface area (Å²) >= 11 is 0. The quantitative estimate of drug-likeness (QED) is 0.762. The van der Waals surface area contributed by atoms with E-state index >= 15 is 0 Å². The lowest BCUT2D eigenvalue weighted by Crippen LogP contribution is -2.46. The zero-order valence-electron chi connectivity index (χ0n) is 9.29.